The van der Waals surface area contributed by atoms with Crippen LogP contribution in [0.5, 0.6) is 0 Å². The van der Waals surface area contributed by atoms with Crippen LogP contribution in [0.2, 0.25) is 0 Å². The van der Waals surface area contributed by atoms with E-state index in [0.29, 0.717) is 38.5 Å². The van der Waals surface area contributed by atoms with E-state index in [9.17, 15) is 35.1 Å². The van der Waals surface area contributed by atoms with Crippen LogP contribution in [0.4, 0.5) is 0 Å². The number of cyclic esters (lactones) is 1. The molecule has 0 aromatic heterocycles. The third kappa shape index (κ3) is 12.2. The summed E-state index contributed by atoms with van der Waals surface area (Å²) in [7, 11) is 8.06. The van der Waals surface area contributed by atoms with E-state index in [1.807, 2.05) is 27.7 Å². The molecule has 0 aromatic rings. The molecular formula is C62H98O25. The highest BCUT2D eigenvalue weighted by atomic mass is 16.8. The normalized spacial score (nSPS) is 52.7. The Labute approximate surface area is 510 Å². The number of aliphatic hydroxyl groups excluding tert-OH is 4. The average molecular weight is 1240 g/mol. The Bertz CT molecular complexity index is 2380. The number of ether oxygens (including phenoxy) is 18. The minimum atomic E-state index is -1.60. The Morgan fingerprint density at radius 3 is 1.38 bits per heavy atom. The van der Waals surface area contributed by atoms with E-state index in [2.05, 4.69) is 13.0 Å². The van der Waals surface area contributed by atoms with E-state index < -0.39 is 183 Å². The number of carbonyl (C=O) groups excluding carboxylic acids is 2. The van der Waals surface area contributed by atoms with Gasteiger partial charge in [0.05, 0.1) is 85.3 Å². The summed E-state index contributed by atoms with van der Waals surface area (Å²) in [5.41, 5.74) is -1.43. The van der Waals surface area contributed by atoms with Crippen LogP contribution in [-0.2, 0) is 94.9 Å². The molecule has 4 aliphatic carbocycles. The molecule has 33 atom stereocenters. The van der Waals surface area contributed by atoms with Crippen LogP contribution in [0.15, 0.2) is 11.6 Å². The lowest BCUT2D eigenvalue weighted by atomic mass is 9.45. The Morgan fingerprint density at radius 1 is 0.529 bits per heavy atom. The highest BCUT2D eigenvalue weighted by Crippen LogP contribution is 2.70. The summed E-state index contributed by atoms with van der Waals surface area (Å²) < 4.78 is 113. The Balaban J connectivity index is 0.637. The molecule has 0 aromatic carbocycles. The van der Waals surface area contributed by atoms with Gasteiger partial charge in [0.15, 0.2) is 37.7 Å². The van der Waals surface area contributed by atoms with Crippen molar-refractivity contribution in [1.29, 1.82) is 0 Å². The lowest BCUT2D eigenvalue weighted by molar-refractivity contribution is -0.360. The van der Waals surface area contributed by atoms with Crippen molar-refractivity contribution in [2.45, 2.75) is 297 Å². The van der Waals surface area contributed by atoms with Gasteiger partial charge in [-0.2, -0.15) is 0 Å². The zero-order valence-electron chi connectivity index (χ0n) is 52.5. The van der Waals surface area contributed by atoms with Crippen LogP contribution in [0.1, 0.15) is 126 Å². The summed E-state index contributed by atoms with van der Waals surface area (Å²) in [4.78, 5) is 26.9. The van der Waals surface area contributed by atoms with Crippen molar-refractivity contribution in [2.75, 3.05) is 42.2 Å². The van der Waals surface area contributed by atoms with E-state index in [0.717, 1.165) is 25.7 Å². The number of allylic oxidation sites excluding steroid dienone is 1. The van der Waals surface area contributed by atoms with Crippen LogP contribution in [0.3, 0.4) is 0 Å². The Morgan fingerprint density at radius 2 is 0.954 bits per heavy atom. The maximum Gasteiger partial charge on any atom is 0.316 e. The number of ketones is 1. The number of aliphatic hydroxyl groups is 5. The van der Waals surface area contributed by atoms with Crippen LogP contribution in [0, 0.1) is 28.6 Å². The second-order valence-corrected chi connectivity index (χ2v) is 26.9. The molecule has 3 saturated carbocycles. The summed E-state index contributed by atoms with van der Waals surface area (Å²) in [6, 6.07) is 0. The van der Waals surface area contributed by atoms with Crippen LogP contribution >= 0.6 is 0 Å². The predicted molar refractivity (Wildman–Crippen MR) is 299 cm³/mol. The lowest BCUT2D eigenvalue weighted by Crippen LogP contribution is -2.63. The molecule has 0 bridgehead atoms. The van der Waals surface area contributed by atoms with Crippen molar-refractivity contribution >= 4 is 11.8 Å². The smallest absolute Gasteiger partial charge is 0.316 e. The quantitative estimate of drug-likeness (QED) is 0.0973. The minimum Gasteiger partial charge on any atom is -0.461 e. The van der Waals surface area contributed by atoms with E-state index in [4.69, 9.17) is 85.3 Å². The molecule has 7 heterocycles. The van der Waals surface area contributed by atoms with Gasteiger partial charge in [-0.25, -0.2) is 0 Å². The van der Waals surface area contributed by atoms with Gasteiger partial charge in [-0.3, -0.25) is 9.59 Å². The summed E-state index contributed by atoms with van der Waals surface area (Å²) in [5, 5.41) is 53.4. The number of rotatable bonds is 18. The Kier molecular flexibility index (Phi) is 20.5. The molecule has 7 saturated heterocycles. The van der Waals surface area contributed by atoms with Gasteiger partial charge in [0.25, 0.3) is 0 Å². The van der Waals surface area contributed by atoms with Gasteiger partial charge in [-0.1, -0.05) is 18.6 Å². The van der Waals surface area contributed by atoms with E-state index in [1.165, 1.54) is 12.7 Å². The average Bonchev–Trinajstić information content (AvgIpc) is 1.55. The van der Waals surface area contributed by atoms with Crippen molar-refractivity contribution in [3.63, 3.8) is 0 Å². The SMILES string of the molecule is CO[C@H]1C[C@H](O[C@H]2CC[C@@]3(C)C(=CC[C@@H]4[C@@H]3CC[C@]35C(=O)O[C@H](C)[C@H]3C(=O)C[C@]45O)C2)O[C@H](C)[C@H]1O[C@H]1C[C@H](OC)[C@H](O[C@H]2C[C@H](OC)[C@H](O[C@H]3C[C@H](OC)[C@H](O[C@@H]4C[C@@H](OC)[C@@H](OC5O[C@H](CO)[C@@H](O)[C@H](O)[C@H]5O)[C@H](C)O4)[C@@H](C)O3)[C@@H](C)O2)[C@@H](C)O1. The van der Waals surface area contributed by atoms with Crippen LogP contribution < -0.4 is 0 Å². The number of methoxy groups -OCH3 is 5. The lowest BCUT2D eigenvalue weighted by Gasteiger charge is -2.59. The number of Topliss-reactive ketones (excluding diaryl/α,β-unsaturated/α-hetero) is 1. The molecule has 87 heavy (non-hydrogen) atoms. The van der Waals surface area contributed by atoms with Crippen molar-refractivity contribution in [2.24, 2.45) is 28.6 Å². The topological polar surface area (TPSA) is 301 Å². The van der Waals surface area contributed by atoms with E-state index in [-0.39, 0.29) is 48.1 Å². The first-order chi connectivity index (χ1) is 41.5. The zero-order chi connectivity index (χ0) is 62.2. The maximum atomic E-state index is 13.5. The van der Waals surface area contributed by atoms with Gasteiger partial charge in [0.2, 0.25) is 0 Å². The molecule has 496 valence electrons. The molecule has 5 N–H and O–H groups in total. The monoisotopic (exact) mass is 1240 g/mol. The molecular weight excluding hydrogens is 1140 g/mol. The highest BCUT2D eigenvalue weighted by Gasteiger charge is 2.78. The first kappa shape index (κ1) is 66.5. The van der Waals surface area contributed by atoms with Crippen molar-refractivity contribution in [1.82, 2.24) is 0 Å². The number of hydrogen-bond donors (Lipinski definition) is 5. The highest BCUT2D eigenvalue weighted by molar-refractivity contribution is 5.98. The van der Waals surface area contributed by atoms with E-state index >= 15 is 0 Å². The van der Waals surface area contributed by atoms with Gasteiger partial charge >= 0.3 is 5.97 Å². The van der Waals surface area contributed by atoms with Gasteiger partial charge in [0, 0.05) is 74.1 Å². The number of carbonyl (C=O) groups is 2. The molecule has 0 radical (unpaired) electrons. The molecule has 11 rings (SSSR count). The molecule has 0 amide bonds. The first-order valence-electron chi connectivity index (χ1n) is 31.8. The summed E-state index contributed by atoms with van der Waals surface area (Å²) >= 11 is 0. The van der Waals surface area contributed by atoms with Crippen molar-refractivity contribution < 1.29 is 120 Å². The van der Waals surface area contributed by atoms with Gasteiger partial charge in [-0.05, 0) is 97.3 Å². The predicted octanol–water partition coefficient (Wildman–Crippen LogP) is 2.65. The minimum absolute atomic E-state index is 0.0157. The van der Waals surface area contributed by atoms with E-state index in [1.54, 1.807) is 42.3 Å². The molecule has 1 spiro atoms. The fourth-order valence-electron chi connectivity index (χ4n) is 17.5. The number of fused-ring (bicyclic) bond motifs is 4. The largest absolute Gasteiger partial charge is 0.461 e. The van der Waals surface area contributed by atoms with Gasteiger partial charge in [-0.15, -0.1) is 0 Å². The van der Waals surface area contributed by atoms with Crippen molar-refractivity contribution in [3.8, 4) is 0 Å². The summed E-state index contributed by atoms with van der Waals surface area (Å²) in [6.07, 6.45) is -10.7. The number of hydrogen-bond acceptors (Lipinski definition) is 25. The summed E-state index contributed by atoms with van der Waals surface area (Å²) in [5.74, 6) is -1.10. The van der Waals surface area contributed by atoms with Crippen LogP contribution in [0.25, 0.3) is 0 Å². The number of esters is 1. The molecule has 10 fully saturated rings. The van der Waals surface area contributed by atoms with Gasteiger partial charge in [0.1, 0.15) is 72.2 Å². The van der Waals surface area contributed by atoms with Crippen LogP contribution in [-0.4, -0.2) is 251 Å². The molecule has 11 aliphatic rings. The molecule has 7 aliphatic heterocycles. The maximum absolute atomic E-state index is 13.5. The third-order valence-electron chi connectivity index (χ3n) is 22.1. The third-order valence-corrected chi connectivity index (χ3v) is 22.1. The standard InChI is InChI=1S/C62H98O25/c1-27-49-37(64)25-62(69)36-14-13-33-19-34(15-17-60(33,7)35(36)16-18-61(49,62)59(68)80-27)81-44-20-38(70-8)53(28(2)75-44)83-45-21-39(71-9)54(29(3)76-45)84-46-22-40(72-10)55(30(4)77-46)85-47-23-41(73-11)56(31(5)78-47)86-48-24-42(74-12)57(32(6)79-48)87-58-52(67)51(66)50(65)43(26-63)82-58/h13,27-32,34-36,38-58,63,65-67,69H,14-26H2,1-12H3/t27-,28-,29-,30-,31-,32+,34+,35+,36-,38+,39+,40+,41+,42-,43-,44+,45+,46+,47+,48-,49+,50-,51+,52-,53-,54-,55-,56-,57+,58?,60+,61-,62+/m1/s1. The van der Waals surface area contributed by atoms with Gasteiger partial charge < -0.3 is 111 Å². The Hall–Kier alpha value is -2.00. The fraction of sp³-hybridized carbons (Fsp3) is 0.935. The zero-order valence-corrected chi connectivity index (χ0v) is 52.5. The van der Waals surface area contributed by atoms with Crippen molar-refractivity contribution in [3.05, 3.63) is 11.6 Å². The fourth-order valence-corrected chi connectivity index (χ4v) is 17.5. The second kappa shape index (κ2) is 26.8. The molecule has 25 heteroatoms. The first-order valence-corrected chi connectivity index (χ1v) is 31.8. The molecule has 1 unspecified atom stereocenters. The molecule has 25 nitrogen and oxygen atoms in total. The second-order valence-electron chi connectivity index (χ2n) is 26.9. The summed E-state index contributed by atoms with van der Waals surface area (Å²) in [6.45, 7) is 12.9.